The largest absolute Gasteiger partial charge is 0.490 e. The van der Waals surface area contributed by atoms with Gasteiger partial charge in [-0.3, -0.25) is 0 Å². The predicted octanol–water partition coefficient (Wildman–Crippen LogP) is 4.88. The van der Waals surface area contributed by atoms with E-state index in [1.54, 1.807) is 11.6 Å². The summed E-state index contributed by atoms with van der Waals surface area (Å²) >= 11 is 0. The quantitative estimate of drug-likeness (QED) is 0.549. The lowest BCUT2D eigenvalue weighted by Gasteiger charge is -2.50. The van der Waals surface area contributed by atoms with Crippen LogP contribution in [-0.4, -0.2) is 31.0 Å². The Morgan fingerprint density at radius 1 is 1.26 bits per heavy atom. The smallest absolute Gasteiger partial charge is 0.120 e. The molecular weight excluding hydrogens is 336 g/mol. The van der Waals surface area contributed by atoms with Gasteiger partial charge in [0.2, 0.25) is 0 Å². The number of aliphatic hydroxyl groups excluding tert-OH is 1. The van der Waals surface area contributed by atoms with Crippen molar-refractivity contribution in [2.45, 2.75) is 63.9 Å². The molecule has 148 valence electrons. The summed E-state index contributed by atoms with van der Waals surface area (Å²) in [5.74, 6) is 3.25. The highest BCUT2D eigenvalue weighted by molar-refractivity contribution is 5.40. The first-order chi connectivity index (χ1) is 13.2. The van der Waals surface area contributed by atoms with Crippen LogP contribution < -0.4 is 4.74 Å². The number of hydrogen-bond donors (Lipinski definition) is 1. The molecule has 0 unspecified atom stereocenters. The van der Waals surface area contributed by atoms with Crippen LogP contribution in [0.5, 0.6) is 5.75 Å². The van der Waals surface area contributed by atoms with Gasteiger partial charge >= 0.3 is 0 Å². The van der Waals surface area contributed by atoms with Crippen molar-refractivity contribution in [2.75, 3.05) is 19.8 Å². The monoisotopic (exact) mass is 370 g/mol. The minimum atomic E-state index is 0.229. The fraction of sp³-hybridized carbons (Fsp3) is 0.667. The van der Waals surface area contributed by atoms with Crippen LogP contribution in [0.2, 0.25) is 0 Å². The van der Waals surface area contributed by atoms with Gasteiger partial charge < -0.3 is 14.6 Å². The van der Waals surface area contributed by atoms with Crippen molar-refractivity contribution in [1.29, 1.82) is 0 Å². The summed E-state index contributed by atoms with van der Waals surface area (Å²) in [6.07, 6.45) is 10.4. The lowest BCUT2D eigenvalue weighted by molar-refractivity contribution is -0.0661. The highest BCUT2D eigenvalue weighted by atomic mass is 16.5. The van der Waals surface area contributed by atoms with E-state index in [9.17, 15) is 0 Å². The van der Waals surface area contributed by atoms with E-state index in [0.717, 1.165) is 24.0 Å². The van der Waals surface area contributed by atoms with Gasteiger partial charge in [-0.25, -0.2) is 0 Å². The van der Waals surface area contributed by atoms with Crippen LogP contribution in [0.4, 0.5) is 0 Å². The fourth-order valence-electron chi connectivity index (χ4n) is 6.32. The van der Waals surface area contributed by atoms with Gasteiger partial charge in [-0.05, 0) is 91.4 Å². The molecule has 3 heteroatoms. The maximum Gasteiger partial charge on any atom is 0.120 e. The molecule has 2 fully saturated rings. The van der Waals surface area contributed by atoms with Crippen LogP contribution in [-0.2, 0) is 11.2 Å². The van der Waals surface area contributed by atoms with Crippen LogP contribution >= 0.6 is 0 Å². The minimum absolute atomic E-state index is 0.229. The predicted molar refractivity (Wildman–Crippen MR) is 108 cm³/mol. The molecule has 0 heterocycles. The summed E-state index contributed by atoms with van der Waals surface area (Å²) in [5.41, 5.74) is 3.39. The molecule has 1 N–H and O–H groups in total. The molecule has 5 atom stereocenters. The summed E-state index contributed by atoms with van der Waals surface area (Å²) in [6.45, 7) is 7.72. The van der Waals surface area contributed by atoms with Gasteiger partial charge in [0.1, 0.15) is 12.4 Å². The Kier molecular flexibility index (Phi) is 5.61. The van der Waals surface area contributed by atoms with Crippen molar-refractivity contribution in [2.24, 2.45) is 17.3 Å². The van der Waals surface area contributed by atoms with E-state index in [0.29, 0.717) is 30.7 Å². The highest BCUT2D eigenvalue weighted by Gasteiger charge is 2.55. The molecule has 4 rings (SSSR count). The van der Waals surface area contributed by atoms with E-state index in [1.807, 2.05) is 0 Å². The Morgan fingerprint density at radius 3 is 2.96 bits per heavy atom. The van der Waals surface area contributed by atoms with E-state index >= 15 is 0 Å². The number of aryl methyl sites for hydroxylation is 1. The van der Waals surface area contributed by atoms with Gasteiger partial charge in [0.25, 0.3) is 0 Å². The molecule has 0 amide bonds. The second kappa shape index (κ2) is 7.97. The van der Waals surface area contributed by atoms with Crippen molar-refractivity contribution < 1.29 is 14.6 Å². The van der Waals surface area contributed by atoms with Crippen LogP contribution in [0.15, 0.2) is 30.9 Å². The maximum absolute atomic E-state index is 9.06. The molecule has 0 radical (unpaired) electrons. The standard InChI is InChI=1S/C24H34O3/c1-3-14-26-18-6-8-19-17(16-18)5-7-21-20(19)11-12-24(2)22(21)9-10-23(24)27-15-4-13-25/h3,6,8,16,20-23,25H,1,4-5,7,9-15H2,2H3/t20-,21-,22+,23+,24+/m1/s1. The van der Waals surface area contributed by atoms with Crippen LogP contribution in [0.1, 0.15) is 62.5 Å². The second-order valence-electron chi connectivity index (χ2n) is 8.93. The van der Waals surface area contributed by atoms with Crippen LogP contribution in [0.25, 0.3) is 0 Å². The van der Waals surface area contributed by atoms with Gasteiger partial charge in [0, 0.05) is 13.2 Å². The third-order valence-corrected chi connectivity index (χ3v) is 7.60. The molecule has 27 heavy (non-hydrogen) atoms. The zero-order valence-corrected chi connectivity index (χ0v) is 16.7. The van der Waals surface area contributed by atoms with Gasteiger partial charge in [-0.1, -0.05) is 25.6 Å². The molecular formula is C24H34O3. The molecule has 1 aromatic carbocycles. The first-order valence-electron chi connectivity index (χ1n) is 10.8. The zero-order chi connectivity index (χ0) is 18.9. The lowest BCUT2D eigenvalue weighted by atomic mass is 9.55. The van der Waals surface area contributed by atoms with Crippen LogP contribution in [0.3, 0.4) is 0 Å². The number of rotatable bonds is 7. The molecule has 3 aliphatic carbocycles. The van der Waals surface area contributed by atoms with E-state index < -0.39 is 0 Å². The van der Waals surface area contributed by atoms with Crippen LogP contribution in [0, 0.1) is 17.3 Å². The van der Waals surface area contributed by atoms with E-state index in [1.165, 1.54) is 44.1 Å². The molecule has 0 spiro atoms. The fourth-order valence-corrected chi connectivity index (χ4v) is 6.32. The van der Waals surface area contributed by atoms with Crippen molar-refractivity contribution in [1.82, 2.24) is 0 Å². The maximum atomic E-state index is 9.06. The molecule has 0 aromatic heterocycles. The number of fused-ring (bicyclic) bond motifs is 5. The summed E-state index contributed by atoms with van der Waals surface area (Å²) in [5, 5.41) is 9.06. The number of hydrogen-bond acceptors (Lipinski definition) is 3. The Hall–Kier alpha value is -1.32. The summed E-state index contributed by atoms with van der Waals surface area (Å²) in [6, 6.07) is 6.74. The van der Waals surface area contributed by atoms with Gasteiger partial charge in [0.15, 0.2) is 0 Å². The number of ether oxygens (including phenoxy) is 2. The normalized spacial score (nSPS) is 34.4. The minimum Gasteiger partial charge on any atom is -0.490 e. The molecule has 3 aliphatic rings. The van der Waals surface area contributed by atoms with Crippen molar-refractivity contribution in [3.05, 3.63) is 42.0 Å². The third kappa shape index (κ3) is 3.45. The molecule has 3 nitrogen and oxygen atoms in total. The van der Waals surface area contributed by atoms with Gasteiger partial charge in [0.05, 0.1) is 6.10 Å². The molecule has 1 aromatic rings. The van der Waals surface area contributed by atoms with E-state index in [-0.39, 0.29) is 6.61 Å². The van der Waals surface area contributed by atoms with Crippen molar-refractivity contribution >= 4 is 0 Å². The zero-order valence-electron chi connectivity index (χ0n) is 16.7. The van der Waals surface area contributed by atoms with E-state index in [2.05, 4.69) is 31.7 Å². The number of aliphatic hydroxyl groups is 1. The Labute approximate surface area is 163 Å². The summed E-state index contributed by atoms with van der Waals surface area (Å²) in [4.78, 5) is 0. The van der Waals surface area contributed by atoms with Crippen molar-refractivity contribution in [3.63, 3.8) is 0 Å². The molecule has 2 saturated carbocycles. The third-order valence-electron chi connectivity index (χ3n) is 7.60. The Morgan fingerprint density at radius 2 is 2.15 bits per heavy atom. The molecule has 0 aliphatic heterocycles. The summed E-state index contributed by atoms with van der Waals surface area (Å²) in [7, 11) is 0. The highest BCUT2D eigenvalue weighted by Crippen LogP contribution is 2.61. The average Bonchev–Trinajstić information content (AvgIpc) is 3.02. The second-order valence-corrected chi connectivity index (χ2v) is 8.93. The number of benzene rings is 1. The Bertz CT molecular complexity index is 670. The first-order valence-corrected chi connectivity index (χ1v) is 10.8. The topological polar surface area (TPSA) is 38.7 Å². The lowest BCUT2D eigenvalue weighted by Crippen LogP contribution is -2.44. The first kappa shape index (κ1) is 19.0. The SMILES string of the molecule is C=CCOc1ccc2c(c1)CC[C@@H]1[C@@H]2CC[C@]2(C)[C@@H](OCCCO)CC[C@@H]12. The van der Waals surface area contributed by atoms with Gasteiger partial charge in [-0.15, -0.1) is 0 Å². The van der Waals surface area contributed by atoms with Gasteiger partial charge in [-0.2, -0.15) is 0 Å². The molecule has 0 saturated heterocycles. The summed E-state index contributed by atoms with van der Waals surface area (Å²) < 4.78 is 12.0. The molecule has 0 bridgehead atoms. The average molecular weight is 371 g/mol. The van der Waals surface area contributed by atoms with Crippen molar-refractivity contribution in [3.8, 4) is 5.75 Å². The van der Waals surface area contributed by atoms with E-state index in [4.69, 9.17) is 14.6 Å². The Balaban J connectivity index is 1.50.